The third-order valence-electron chi connectivity index (χ3n) is 5.27. The molecule has 0 aromatic heterocycles. The monoisotopic (exact) mass is 351 g/mol. The molecular formula is C18H28FN2O2Si-. The van der Waals surface area contributed by atoms with Crippen molar-refractivity contribution >= 4 is 14.1 Å². The van der Waals surface area contributed by atoms with E-state index in [0.29, 0.717) is 0 Å². The number of likely N-dealkylation sites (tertiary alicyclic amines) is 1. The average Bonchev–Trinajstić information content (AvgIpc) is 2.82. The standard InChI is InChI=1S/C18H28FN2O2Si/c1-17(2)12-9-13-18(3,4)21(17)14-24(5,19)22-16(20-23-24)15-10-7-6-8-11-15/h6-8,10-11H,9,12-14H2,1-5H3/q-1. The number of benzene rings is 1. The van der Waals surface area contributed by atoms with Gasteiger partial charge in [0.15, 0.2) is 0 Å². The van der Waals surface area contributed by atoms with Crippen LogP contribution in [-0.4, -0.2) is 36.2 Å². The molecule has 0 amide bonds. The molecule has 2 aliphatic rings. The van der Waals surface area contributed by atoms with Gasteiger partial charge in [0.05, 0.1) is 0 Å². The normalized spacial score (nSPS) is 28.8. The van der Waals surface area contributed by atoms with Gasteiger partial charge in [0.25, 0.3) is 0 Å². The molecule has 134 valence electrons. The van der Waals surface area contributed by atoms with Gasteiger partial charge in [0.1, 0.15) is 0 Å². The summed E-state index contributed by atoms with van der Waals surface area (Å²) in [5.41, 5.74) is 0.553. The SMILES string of the molecule is CC1(C)CCCC(C)(C)N1C[Si-]1(C)(F)ON=C(c2ccccc2)O1. The van der Waals surface area contributed by atoms with Crippen molar-refractivity contribution in [1.29, 1.82) is 0 Å². The third-order valence-corrected chi connectivity index (χ3v) is 7.53. The zero-order valence-corrected chi connectivity index (χ0v) is 16.3. The van der Waals surface area contributed by atoms with E-state index in [2.05, 4.69) is 37.8 Å². The van der Waals surface area contributed by atoms with Gasteiger partial charge in [-0.2, -0.15) is 0 Å². The van der Waals surface area contributed by atoms with E-state index in [9.17, 15) is 0 Å². The van der Waals surface area contributed by atoms with Gasteiger partial charge in [-0.25, -0.2) is 0 Å². The molecule has 0 spiro atoms. The van der Waals surface area contributed by atoms with Crippen LogP contribution in [0.15, 0.2) is 35.5 Å². The van der Waals surface area contributed by atoms with Crippen molar-refractivity contribution in [2.24, 2.45) is 5.16 Å². The van der Waals surface area contributed by atoms with Crippen LogP contribution in [0, 0.1) is 0 Å². The van der Waals surface area contributed by atoms with Crippen molar-refractivity contribution in [2.45, 2.75) is 64.6 Å². The van der Waals surface area contributed by atoms with Crippen LogP contribution in [0.2, 0.25) is 6.55 Å². The predicted molar refractivity (Wildman–Crippen MR) is 96.6 cm³/mol. The summed E-state index contributed by atoms with van der Waals surface area (Å²) in [5, 5.41) is 3.95. The van der Waals surface area contributed by atoms with Gasteiger partial charge < -0.3 is 0 Å². The molecule has 3 rings (SSSR count). The Bertz CT molecular complexity index is 642. The first kappa shape index (κ1) is 17.4. The summed E-state index contributed by atoms with van der Waals surface area (Å²) in [6.45, 7) is 10.2. The fraction of sp³-hybridized carbons (Fsp3) is 0.611. The van der Waals surface area contributed by atoms with Crippen molar-refractivity contribution in [1.82, 2.24) is 4.90 Å². The molecule has 2 aliphatic heterocycles. The van der Waals surface area contributed by atoms with Crippen LogP contribution in [0.3, 0.4) is 0 Å². The van der Waals surface area contributed by atoms with Gasteiger partial charge in [0, 0.05) is 0 Å². The van der Waals surface area contributed by atoms with Gasteiger partial charge in [-0.15, -0.1) is 0 Å². The Balaban J connectivity index is 1.84. The van der Waals surface area contributed by atoms with Crippen molar-refractivity contribution < 1.29 is 13.1 Å². The summed E-state index contributed by atoms with van der Waals surface area (Å²) in [7, 11) is -4.64. The van der Waals surface area contributed by atoms with E-state index in [1.54, 1.807) is 0 Å². The quantitative estimate of drug-likeness (QED) is 0.595. The Kier molecular flexibility index (Phi) is 3.84. The predicted octanol–water partition coefficient (Wildman–Crippen LogP) is 4.47. The average molecular weight is 352 g/mol. The molecule has 1 aromatic carbocycles. The molecule has 6 heteroatoms. The summed E-state index contributed by atoms with van der Waals surface area (Å²) >= 11 is 0. The van der Waals surface area contributed by atoms with Crippen molar-refractivity contribution in [3.8, 4) is 0 Å². The Labute approximate surface area is 144 Å². The molecule has 0 unspecified atom stereocenters. The molecule has 1 saturated heterocycles. The second-order valence-electron chi connectivity index (χ2n) is 8.63. The molecule has 1 fully saturated rings. The minimum absolute atomic E-state index is 0.0947. The Morgan fingerprint density at radius 2 is 1.71 bits per heavy atom. The number of rotatable bonds is 3. The summed E-state index contributed by atoms with van der Waals surface area (Å²) in [4.78, 5) is 2.22. The number of nitrogens with zero attached hydrogens (tertiary/aromatic N) is 2. The van der Waals surface area contributed by atoms with E-state index in [-0.39, 0.29) is 23.1 Å². The van der Waals surface area contributed by atoms with E-state index in [0.717, 1.165) is 24.8 Å². The fourth-order valence-corrected chi connectivity index (χ4v) is 6.66. The van der Waals surface area contributed by atoms with Crippen LogP contribution < -0.4 is 0 Å². The van der Waals surface area contributed by atoms with Gasteiger partial charge in [-0.1, -0.05) is 0 Å². The van der Waals surface area contributed by atoms with E-state index in [4.69, 9.17) is 8.95 Å². The Morgan fingerprint density at radius 1 is 1.12 bits per heavy atom. The van der Waals surface area contributed by atoms with E-state index < -0.39 is 8.17 Å². The van der Waals surface area contributed by atoms with Crippen LogP contribution >= 0.6 is 0 Å². The zero-order chi connectivity index (χ0) is 17.7. The number of hydrogen-bond acceptors (Lipinski definition) is 4. The minimum atomic E-state index is -4.64. The Morgan fingerprint density at radius 3 is 2.29 bits per heavy atom. The zero-order valence-electron chi connectivity index (χ0n) is 15.3. The maximum atomic E-state index is 16.0. The van der Waals surface area contributed by atoms with Crippen molar-refractivity contribution in [3.63, 3.8) is 0 Å². The van der Waals surface area contributed by atoms with Crippen LogP contribution in [-0.2, 0) is 8.95 Å². The summed E-state index contributed by atoms with van der Waals surface area (Å²) in [6.07, 6.45) is 3.38. The molecule has 0 bridgehead atoms. The molecule has 0 atom stereocenters. The third kappa shape index (κ3) is 3.22. The molecule has 0 radical (unpaired) electrons. The van der Waals surface area contributed by atoms with Crippen LogP contribution in [0.25, 0.3) is 0 Å². The van der Waals surface area contributed by atoms with E-state index >= 15 is 4.11 Å². The number of hydrogen-bond donors (Lipinski definition) is 0. The van der Waals surface area contributed by atoms with Crippen LogP contribution in [0.1, 0.15) is 52.5 Å². The van der Waals surface area contributed by atoms with Gasteiger partial charge in [-0.05, 0) is 0 Å². The number of piperidine rings is 1. The van der Waals surface area contributed by atoms with Crippen LogP contribution in [0.4, 0.5) is 4.11 Å². The first-order valence-electron chi connectivity index (χ1n) is 8.69. The molecule has 2 heterocycles. The van der Waals surface area contributed by atoms with E-state index in [1.165, 1.54) is 6.55 Å². The van der Waals surface area contributed by atoms with Crippen LogP contribution in [0.5, 0.6) is 0 Å². The van der Waals surface area contributed by atoms with Gasteiger partial charge in [0.2, 0.25) is 0 Å². The molecule has 1 aromatic rings. The number of oxime groups is 1. The molecule has 0 saturated carbocycles. The summed E-state index contributed by atoms with van der Waals surface area (Å²) in [5.74, 6) is 0.251. The van der Waals surface area contributed by atoms with Crippen molar-refractivity contribution in [3.05, 3.63) is 35.9 Å². The second-order valence-corrected chi connectivity index (χ2v) is 12.6. The Hall–Kier alpha value is -1.40. The molecule has 24 heavy (non-hydrogen) atoms. The first-order valence-corrected chi connectivity index (χ1v) is 11.6. The second kappa shape index (κ2) is 5.30. The van der Waals surface area contributed by atoms with Crippen molar-refractivity contribution in [2.75, 3.05) is 6.17 Å². The molecule has 4 nitrogen and oxygen atoms in total. The van der Waals surface area contributed by atoms with E-state index in [1.807, 2.05) is 30.3 Å². The molecule has 0 N–H and O–H groups in total. The van der Waals surface area contributed by atoms with Gasteiger partial charge >= 0.3 is 144 Å². The summed E-state index contributed by atoms with van der Waals surface area (Å²) in [6, 6.07) is 9.36. The maximum absolute atomic E-state index is 16.0. The summed E-state index contributed by atoms with van der Waals surface area (Å²) < 4.78 is 27.1. The van der Waals surface area contributed by atoms with Gasteiger partial charge in [-0.3, -0.25) is 0 Å². The molecular weight excluding hydrogens is 323 g/mol. The number of halogens is 1. The first-order chi connectivity index (χ1) is 11.0. The fourth-order valence-electron chi connectivity index (χ4n) is 4.00. The molecule has 0 aliphatic carbocycles. The topological polar surface area (TPSA) is 34.1 Å².